The molecule has 2 aromatic rings. The second-order valence-corrected chi connectivity index (χ2v) is 6.76. The molecule has 4 rings (SSSR count). The summed E-state index contributed by atoms with van der Waals surface area (Å²) in [6, 6.07) is 13.2. The van der Waals surface area contributed by atoms with Crippen molar-refractivity contribution >= 4 is 17.5 Å². The molecule has 0 radical (unpaired) electrons. The lowest BCUT2D eigenvalue weighted by molar-refractivity contribution is -0.131. The van der Waals surface area contributed by atoms with E-state index in [-0.39, 0.29) is 18.4 Å². The van der Waals surface area contributed by atoms with Crippen molar-refractivity contribution < 1.29 is 19.1 Å². The van der Waals surface area contributed by atoms with Gasteiger partial charge in [0.15, 0.2) is 11.5 Å². The van der Waals surface area contributed by atoms with Crippen molar-refractivity contribution in [3.63, 3.8) is 0 Å². The van der Waals surface area contributed by atoms with Crippen LogP contribution in [0.5, 0.6) is 11.5 Å². The smallest absolute Gasteiger partial charge is 0.269 e. The number of carbonyl (C=O) groups excluding carboxylic acids is 2. The van der Waals surface area contributed by atoms with Crippen LogP contribution in [0.1, 0.15) is 24.5 Å². The van der Waals surface area contributed by atoms with Gasteiger partial charge in [0.2, 0.25) is 12.0 Å². The summed E-state index contributed by atoms with van der Waals surface area (Å²) in [7, 11) is 0. The fourth-order valence-electron chi connectivity index (χ4n) is 3.44. The topological polar surface area (TPSA) is 67.9 Å². The molecule has 0 saturated heterocycles. The Bertz CT molecular complexity index is 880. The maximum Gasteiger partial charge on any atom is 0.269 e. The molecule has 0 saturated carbocycles. The summed E-state index contributed by atoms with van der Waals surface area (Å²) in [5, 5.41) is 2.90. The highest BCUT2D eigenvalue weighted by Crippen LogP contribution is 2.31. The van der Waals surface area contributed by atoms with Crippen LogP contribution in [0.2, 0.25) is 0 Å². The molecule has 0 aliphatic carbocycles. The molecule has 0 aromatic heterocycles. The van der Waals surface area contributed by atoms with Crippen LogP contribution < -0.4 is 14.8 Å². The summed E-state index contributed by atoms with van der Waals surface area (Å²) < 4.78 is 11.4. The van der Waals surface area contributed by atoms with E-state index in [1.165, 1.54) is 5.56 Å². The van der Waals surface area contributed by atoms with E-state index in [1.807, 2.05) is 48.2 Å². The van der Waals surface area contributed by atoms with Crippen LogP contribution >= 0.6 is 0 Å². The van der Waals surface area contributed by atoms with Gasteiger partial charge in [-0.25, -0.2) is 0 Å². The minimum atomic E-state index is -0.700. The first-order chi connectivity index (χ1) is 13.1. The fraction of sp³-hybridized carbons (Fsp3) is 0.333. The molecular formula is C21H22N2O4. The monoisotopic (exact) mass is 366 g/mol. The third-order valence-electron chi connectivity index (χ3n) is 4.94. The highest BCUT2D eigenvalue weighted by molar-refractivity contribution is 5.94. The number of nitrogens with one attached hydrogen (secondary N) is 1. The lowest BCUT2D eigenvalue weighted by atomic mass is 9.98. The maximum absolute atomic E-state index is 12.6. The van der Waals surface area contributed by atoms with E-state index in [9.17, 15) is 9.59 Å². The van der Waals surface area contributed by atoms with Crippen molar-refractivity contribution in [1.82, 2.24) is 4.90 Å². The predicted octanol–water partition coefficient (Wildman–Crippen LogP) is 2.76. The van der Waals surface area contributed by atoms with Gasteiger partial charge >= 0.3 is 0 Å². The van der Waals surface area contributed by atoms with Crippen LogP contribution in [0.4, 0.5) is 5.69 Å². The first-order valence-electron chi connectivity index (χ1n) is 9.23. The molecule has 2 aliphatic heterocycles. The van der Waals surface area contributed by atoms with Crippen LogP contribution in [0, 0.1) is 0 Å². The maximum atomic E-state index is 12.6. The molecular weight excluding hydrogens is 344 g/mol. The minimum Gasteiger partial charge on any atom is -0.485 e. The molecule has 27 heavy (non-hydrogen) atoms. The van der Waals surface area contributed by atoms with Crippen molar-refractivity contribution in [3.8, 4) is 11.5 Å². The summed E-state index contributed by atoms with van der Waals surface area (Å²) in [4.78, 5) is 26.4. The largest absolute Gasteiger partial charge is 0.485 e. The molecule has 1 atom stereocenters. The van der Waals surface area contributed by atoms with Crippen molar-refractivity contribution in [2.45, 2.75) is 32.4 Å². The highest BCUT2D eigenvalue weighted by Gasteiger charge is 2.27. The molecule has 2 aliphatic rings. The number of hydrogen-bond donors (Lipinski definition) is 1. The third kappa shape index (κ3) is 3.60. The summed E-state index contributed by atoms with van der Waals surface area (Å²) >= 11 is 0. The Balaban J connectivity index is 1.44. The highest BCUT2D eigenvalue weighted by atomic mass is 16.6. The van der Waals surface area contributed by atoms with Crippen LogP contribution in [0.25, 0.3) is 0 Å². The van der Waals surface area contributed by atoms with Crippen LogP contribution in [0.15, 0.2) is 42.5 Å². The minimum absolute atomic E-state index is 0.154. The third-order valence-corrected chi connectivity index (χ3v) is 4.94. The Morgan fingerprint density at radius 1 is 1.15 bits per heavy atom. The Labute approximate surface area is 158 Å². The number of nitrogens with zero attached hydrogens (tertiary/aromatic N) is 1. The number of para-hydroxylation sites is 2. The van der Waals surface area contributed by atoms with E-state index in [0.29, 0.717) is 30.2 Å². The molecule has 140 valence electrons. The lowest BCUT2D eigenvalue weighted by Crippen LogP contribution is -2.40. The van der Waals surface area contributed by atoms with E-state index in [4.69, 9.17) is 9.47 Å². The van der Waals surface area contributed by atoms with Gasteiger partial charge in [0.25, 0.3) is 5.91 Å². The number of rotatable bonds is 3. The summed E-state index contributed by atoms with van der Waals surface area (Å²) in [6.07, 6.45) is 0.645. The summed E-state index contributed by atoms with van der Waals surface area (Å²) in [5.41, 5.74) is 3.00. The van der Waals surface area contributed by atoms with Gasteiger partial charge in [-0.3, -0.25) is 9.59 Å². The van der Waals surface area contributed by atoms with Crippen molar-refractivity contribution in [1.29, 1.82) is 0 Å². The zero-order valence-corrected chi connectivity index (χ0v) is 15.2. The first-order valence-corrected chi connectivity index (χ1v) is 9.23. The van der Waals surface area contributed by atoms with E-state index >= 15 is 0 Å². The van der Waals surface area contributed by atoms with Crippen molar-refractivity contribution in [2.75, 3.05) is 18.5 Å². The predicted molar refractivity (Wildman–Crippen MR) is 101 cm³/mol. The van der Waals surface area contributed by atoms with E-state index < -0.39 is 6.10 Å². The Kier molecular flexibility index (Phi) is 4.71. The van der Waals surface area contributed by atoms with Crippen LogP contribution in [-0.2, 0) is 22.6 Å². The number of carbonyl (C=O) groups is 2. The number of amides is 2. The fourth-order valence-corrected chi connectivity index (χ4v) is 3.44. The lowest BCUT2D eigenvalue weighted by Gasteiger charge is -2.29. The van der Waals surface area contributed by atoms with E-state index in [0.717, 1.165) is 18.5 Å². The Morgan fingerprint density at radius 3 is 2.78 bits per heavy atom. The Morgan fingerprint density at radius 2 is 1.96 bits per heavy atom. The number of hydrogen-bond acceptors (Lipinski definition) is 4. The number of ether oxygens (including phenoxy) is 2. The average Bonchev–Trinajstić information content (AvgIpc) is 2.72. The SMILES string of the molecule is CCC(=O)N1CCc2ccc(NC(=O)C3COc4ccccc4O3)cc2C1. The molecule has 1 N–H and O–H groups in total. The van der Waals surface area contributed by atoms with Crippen LogP contribution in [0.3, 0.4) is 0 Å². The van der Waals surface area contributed by atoms with Crippen LogP contribution in [-0.4, -0.2) is 36.0 Å². The molecule has 6 nitrogen and oxygen atoms in total. The van der Waals surface area contributed by atoms with Gasteiger partial charge in [-0.05, 0) is 41.8 Å². The second kappa shape index (κ2) is 7.31. The number of benzene rings is 2. The molecule has 6 heteroatoms. The zero-order valence-electron chi connectivity index (χ0n) is 15.2. The molecule has 0 bridgehead atoms. The normalized spacial score (nSPS) is 17.8. The molecule has 2 amide bonds. The summed E-state index contributed by atoms with van der Waals surface area (Å²) in [6.45, 7) is 3.38. The van der Waals surface area contributed by atoms with E-state index in [2.05, 4.69) is 5.32 Å². The van der Waals surface area contributed by atoms with Gasteiger partial charge < -0.3 is 19.7 Å². The van der Waals surface area contributed by atoms with Gasteiger partial charge in [-0.1, -0.05) is 25.1 Å². The van der Waals surface area contributed by atoms with E-state index in [1.54, 1.807) is 6.07 Å². The molecule has 0 spiro atoms. The van der Waals surface area contributed by atoms with Gasteiger partial charge in [0, 0.05) is 25.2 Å². The summed E-state index contributed by atoms with van der Waals surface area (Å²) in [5.74, 6) is 1.13. The van der Waals surface area contributed by atoms with Crippen molar-refractivity contribution in [2.24, 2.45) is 0 Å². The molecule has 0 fully saturated rings. The first kappa shape index (κ1) is 17.4. The van der Waals surface area contributed by atoms with Crippen molar-refractivity contribution in [3.05, 3.63) is 53.6 Å². The molecule has 2 heterocycles. The second-order valence-electron chi connectivity index (χ2n) is 6.76. The molecule has 2 aromatic carbocycles. The van der Waals surface area contributed by atoms with Gasteiger partial charge in [-0.2, -0.15) is 0 Å². The van der Waals surface area contributed by atoms with Gasteiger partial charge in [0.05, 0.1) is 0 Å². The average molecular weight is 366 g/mol. The van der Waals surface area contributed by atoms with Gasteiger partial charge in [0.1, 0.15) is 6.61 Å². The number of anilines is 1. The standard InChI is InChI=1S/C21H22N2O4/c1-2-20(24)23-10-9-14-7-8-16(11-15(14)12-23)22-21(25)19-13-26-17-5-3-4-6-18(17)27-19/h3-8,11,19H,2,9-10,12-13H2,1H3,(H,22,25). The van der Waals surface area contributed by atoms with Gasteiger partial charge in [-0.15, -0.1) is 0 Å². The quantitative estimate of drug-likeness (QED) is 0.907. The Hall–Kier alpha value is -3.02. The number of fused-ring (bicyclic) bond motifs is 2. The molecule has 1 unspecified atom stereocenters. The zero-order chi connectivity index (χ0) is 18.8.